The van der Waals surface area contributed by atoms with Crippen molar-refractivity contribution in [3.8, 4) is 0 Å². The predicted molar refractivity (Wildman–Crippen MR) is 84.4 cm³/mol. The van der Waals surface area contributed by atoms with Crippen LogP contribution in [0.4, 0.5) is 0 Å². The molecule has 5 heteroatoms. The minimum absolute atomic E-state index is 0.108. The van der Waals surface area contributed by atoms with E-state index in [0.29, 0.717) is 22.6 Å². The number of nitrogens with two attached hydrogens (primary N) is 1. The third-order valence-corrected chi connectivity index (χ3v) is 5.19. The number of nitrogens with zero attached hydrogens (tertiary/aromatic N) is 2. The second-order valence-corrected chi connectivity index (χ2v) is 6.90. The SMILES string of the molecule is CCCn1cc(Cl)cc1C(=O)N1CC2CCCC(N)C2C1. The van der Waals surface area contributed by atoms with Crippen LogP contribution in [0, 0.1) is 11.8 Å². The Balaban J connectivity index is 1.77. The number of carbonyl (C=O) groups is 1. The fourth-order valence-corrected chi connectivity index (χ4v) is 4.15. The van der Waals surface area contributed by atoms with Crippen LogP contribution in [0.1, 0.15) is 43.1 Å². The van der Waals surface area contributed by atoms with E-state index >= 15 is 0 Å². The second kappa shape index (κ2) is 6.01. The third-order valence-electron chi connectivity index (χ3n) is 4.99. The number of hydrogen-bond donors (Lipinski definition) is 1. The Bertz CT molecular complexity index is 528. The summed E-state index contributed by atoms with van der Waals surface area (Å²) in [6.07, 6.45) is 6.34. The van der Waals surface area contributed by atoms with Gasteiger partial charge < -0.3 is 15.2 Å². The number of carbonyl (C=O) groups excluding carboxylic acids is 1. The predicted octanol–water partition coefficient (Wildman–Crippen LogP) is 2.75. The molecule has 3 rings (SSSR count). The summed E-state index contributed by atoms with van der Waals surface area (Å²) in [6.45, 7) is 4.59. The lowest BCUT2D eigenvalue weighted by molar-refractivity contribution is 0.0772. The highest BCUT2D eigenvalue weighted by Crippen LogP contribution is 2.36. The van der Waals surface area contributed by atoms with Crippen molar-refractivity contribution in [3.63, 3.8) is 0 Å². The molecular formula is C16H24ClN3O. The molecule has 3 unspecified atom stereocenters. The van der Waals surface area contributed by atoms with Crippen LogP contribution in [-0.2, 0) is 6.54 Å². The molecule has 0 aromatic carbocycles. The van der Waals surface area contributed by atoms with Crippen LogP contribution >= 0.6 is 11.6 Å². The number of halogens is 1. The molecule has 1 aromatic rings. The topological polar surface area (TPSA) is 51.3 Å². The summed E-state index contributed by atoms with van der Waals surface area (Å²) in [7, 11) is 0. The Morgan fingerprint density at radius 2 is 2.24 bits per heavy atom. The zero-order chi connectivity index (χ0) is 15.0. The van der Waals surface area contributed by atoms with Crippen LogP contribution in [0.5, 0.6) is 0 Å². The fraction of sp³-hybridized carbons (Fsp3) is 0.688. The molecule has 1 aromatic heterocycles. The van der Waals surface area contributed by atoms with Crippen LogP contribution in [-0.4, -0.2) is 34.5 Å². The van der Waals surface area contributed by atoms with Gasteiger partial charge in [0.2, 0.25) is 0 Å². The van der Waals surface area contributed by atoms with Gasteiger partial charge in [0.1, 0.15) is 5.69 Å². The number of rotatable bonds is 3. The lowest BCUT2D eigenvalue weighted by Crippen LogP contribution is -2.38. The summed E-state index contributed by atoms with van der Waals surface area (Å²) in [5.41, 5.74) is 6.96. The maximum absolute atomic E-state index is 12.8. The van der Waals surface area contributed by atoms with Crippen LogP contribution in [0.15, 0.2) is 12.3 Å². The van der Waals surface area contributed by atoms with Gasteiger partial charge >= 0.3 is 0 Å². The standard InChI is InChI=1S/C16H24ClN3O/c1-2-6-19-9-12(17)7-15(19)16(21)20-8-11-4-3-5-14(18)13(11)10-20/h7,9,11,13-14H,2-6,8,10,18H2,1H3. The Hall–Kier alpha value is -1.00. The number of hydrogen-bond acceptors (Lipinski definition) is 2. The number of aryl methyl sites for hydroxylation is 1. The van der Waals surface area contributed by atoms with Gasteiger partial charge in [0, 0.05) is 31.9 Å². The van der Waals surface area contributed by atoms with E-state index in [4.69, 9.17) is 17.3 Å². The minimum atomic E-state index is 0.108. The molecule has 1 aliphatic heterocycles. The summed E-state index contributed by atoms with van der Waals surface area (Å²) >= 11 is 6.09. The second-order valence-electron chi connectivity index (χ2n) is 6.47. The molecule has 0 spiro atoms. The highest BCUT2D eigenvalue weighted by atomic mass is 35.5. The minimum Gasteiger partial charge on any atom is -0.342 e. The molecule has 1 saturated heterocycles. The van der Waals surface area contributed by atoms with Gasteiger partial charge in [-0.3, -0.25) is 4.79 Å². The molecule has 2 fully saturated rings. The van der Waals surface area contributed by atoms with Gasteiger partial charge in [0.05, 0.1) is 5.02 Å². The first kappa shape index (κ1) is 14.9. The van der Waals surface area contributed by atoms with E-state index in [-0.39, 0.29) is 11.9 Å². The number of amides is 1. The fourth-order valence-electron chi connectivity index (χ4n) is 3.92. The number of likely N-dealkylation sites (tertiary alicyclic amines) is 1. The van der Waals surface area contributed by atoms with Crippen molar-refractivity contribution in [1.29, 1.82) is 0 Å². The average Bonchev–Trinajstić information content (AvgIpc) is 3.03. The molecular weight excluding hydrogens is 286 g/mol. The Morgan fingerprint density at radius 3 is 2.95 bits per heavy atom. The average molecular weight is 310 g/mol. The first-order chi connectivity index (χ1) is 10.1. The maximum atomic E-state index is 12.8. The molecule has 2 heterocycles. The molecule has 1 amide bonds. The van der Waals surface area contributed by atoms with E-state index in [2.05, 4.69) is 6.92 Å². The van der Waals surface area contributed by atoms with Crippen LogP contribution in [0.25, 0.3) is 0 Å². The van der Waals surface area contributed by atoms with E-state index in [1.54, 1.807) is 6.07 Å². The van der Waals surface area contributed by atoms with Gasteiger partial charge in [-0.15, -0.1) is 0 Å². The van der Waals surface area contributed by atoms with Crippen molar-refractivity contribution in [2.75, 3.05) is 13.1 Å². The van der Waals surface area contributed by atoms with Gasteiger partial charge in [-0.1, -0.05) is 24.9 Å². The van der Waals surface area contributed by atoms with E-state index in [0.717, 1.165) is 32.5 Å². The highest BCUT2D eigenvalue weighted by molar-refractivity contribution is 6.31. The molecule has 2 aliphatic rings. The Labute approximate surface area is 131 Å². The molecule has 4 nitrogen and oxygen atoms in total. The molecule has 0 bridgehead atoms. The summed E-state index contributed by atoms with van der Waals surface area (Å²) < 4.78 is 1.98. The van der Waals surface area contributed by atoms with Crippen molar-refractivity contribution >= 4 is 17.5 Å². The van der Waals surface area contributed by atoms with Crippen LogP contribution < -0.4 is 5.73 Å². The zero-order valence-electron chi connectivity index (χ0n) is 12.6. The van der Waals surface area contributed by atoms with E-state index in [1.165, 1.54) is 12.8 Å². The lowest BCUT2D eigenvalue weighted by atomic mass is 9.78. The van der Waals surface area contributed by atoms with Gasteiger partial charge in [-0.2, -0.15) is 0 Å². The van der Waals surface area contributed by atoms with E-state index < -0.39 is 0 Å². The van der Waals surface area contributed by atoms with Crippen molar-refractivity contribution < 1.29 is 4.79 Å². The molecule has 1 saturated carbocycles. The van der Waals surface area contributed by atoms with Gasteiger partial charge in [-0.25, -0.2) is 0 Å². The number of fused-ring (bicyclic) bond motifs is 1. The molecule has 2 N–H and O–H groups in total. The van der Waals surface area contributed by atoms with Gasteiger partial charge in [0.15, 0.2) is 0 Å². The first-order valence-electron chi connectivity index (χ1n) is 8.00. The van der Waals surface area contributed by atoms with E-state index in [9.17, 15) is 4.79 Å². The van der Waals surface area contributed by atoms with Crippen molar-refractivity contribution in [3.05, 3.63) is 23.0 Å². The van der Waals surface area contributed by atoms with Crippen LogP contribution in [0.2, 0.25) is 5.02 Å². The molecule has 1 aliphatic carbocycles. The zero-order valence-corrected chi connectivity index (χ0v) is 13.4. The quantitative estimate of drug-likeness (QED) is 0.933. The Kier molecular flexibility index (Phi) is 4.27. The lowest BCUT2D eigenvalue weighted by Gasteiger charge is -2.29. The normalized spacial score (nSPS) is 28.7. The summed E-state index contributed by atoms with van der Waals surface area (Å²) in [6, 6.07) is 2.05. The largest absolute Gasteiger partial charge is 0.342 e. The third kappa shape index (κ3) is 2.84. The van der Waals surface area contributed by atoms with Crippen molar-refractivity contribution in [1.82, 2.24) is 9.47 Å². The molecule has 116 valence electrons. The molecule has 21 heavy (non-hydrogen) atoms. The molecule has 0 radical (unpaired) electrons. The Morgan fingerprint density at radius 1 is 1.43 bits per heavy atom. The van der Waals surface area contributed by atoms with Crippen LogP contribution in [0.3, 0.4) is 0 Å². The summed E-state index contributed by atoms with van der Waals surface area (Å²) in [4.78, 5) is 14.8. The monoisotopic (exact) mass is 309 g/mol. The van der Waals surface area contributed by atoms with E-state index in [1.807, 2.05) is 15.7 Å². The maximum Gasteiger partial charge on any atom is 0.270 e. The first-order valence-corrected chi connectivity index (χ1v) is 8.38. The van der Waals surface area contributed by atoms with Gasteiger partial charge in [0.25, 0.3) is 5.91 Å². The van der Waals surface area contributed by atoms with Crippen molar-refractivity contribution in [2.24, 2.45) is 17.6 Å². The summed E-state index contributed by atoms with van der Waals surface area (Å²) in [5.74, 6) is 1.17. The van der Waals surface area contributed by atoms with Gasteiger partial charge in [-0.05, 0) is 37.2 Å². The van der Waals surface area contributed by atoms with Crippen molar-refractivity contribution in [2.45, 2.75) is 45.2 Å². The summed E-state index contributed by atoms with van der Waals surface area (Å²) in [5, 5.41) is 0.639. The molecule has 3 atom stereocenters. The smallest absolute Gasteiger partial charge is 0.270 e. The highest BCUT2D eigenvalue weighted by Gasteiger charge is 2.40. The number of aromatic nitrogens is 1.